The fourth-order valence-electron chi connectivity index (χ4n) is 2.23. The summed E-state index contributed by atoms with van der Waals surface area (Å²) in [7, 11) is 1.89. The molecule has 108 valence electrons. The van der Waals surface area contributed by atoms with E-state index >= 15 is 0 Å². The predicted molar refractivity (Wildman–Crippen MR) is 80.0 cm³/mol. The first-order valence-electron chi connectivity index (χ1n) is 6.60. The van der Waals surface area contributed by atoms with E-state index in [1.54, 1.807) is 13.0 Å². The lowest BCUT2D eigenvalue weighted by Gasteiger charge is -2.28. The van der Waals surface area contributed by atoms with Crippen molar-refractivity contribution in [2.75, 3.05) is 0 Å². The van der Waals surface area contributed by atoms with E-state index in [2.05, 4.69) is 4.98 Å². The lowest BCUT2D eigenvalue weighted by atomic mass is 9.76. The standard InChI is InChI=1S/C15H19ClN2O2/c1-9(2)15(3,14(19)20)8-13-17-11-6-5-10(16)7-12(11)18(13)4/h5-7,9H,8H2,1-4H3,(H,19,20). The summed E-state index contributed by atoms with van der Waals surface area (Å²) in [5.74, 6) is -0.0122. The lowest BCUT2D eigenvalue weighted by Crippen LogP contribution is -2.36. The van der Waals surface area contributed by atoms with Crippen molar-refractivity contribution in [3.8, 4) is 0 Å². The molecule has 0 fully saturated rings. The molecule has 0 radical (unpaired) electrons. The van der Waals surface area contributed by atoms with Crippen molar-refractivity contribution in [2.24, 2.45) is 18.4 Å². The molecule has 1 atom stereocenters. The van der Waals surface area contributed by atoms with Gasteiger partial charge in [0, 0.05) is 18.5 Å². The summed E-state index contributed by atoms with van der Waals surface area (Å²) in [5.41, 5.74) is 0.922. The minimum absolute atomic E-state index is 0.0170. The van der Waals surface area contributed by atoms with E-state index in [-0.39, 0.29) is 5.92 Å². The molecule has 0 bridgehead atoms. The number of carbonyl (C=O) groups is 1. The number of hydrogen-bond acceptors (Lipinski definition) is 2. The molecular weight excluding hydrogens is 276 g/mol. The molecule has 0 saturated carbocycles. The first-order chi connectivity index (χ1) is 9.25. The van der Waals surface area contributed by atoms with E-state index in [0.29, 0.717) is 11.4 Å². The highest BCUT2D eigenvalue weighted by molar-refractivity contribution is 6.31. The van der Waals surface area contributed by atoms with Crippen LogP contribution in [0.15, 0.2) is 18.2 Å². The van der Waals surface area contributed by atoms with Crippen molar-refractivity contribution >= 4 is 28.6 Å². The molecule has 0 aliphatic rings. The molecule has 2 aromatic rings. The van der Waals surface area contributed by atoms with Gasteiger partial charge in [0.2, 0.25) is 0 Å². The van der Waals surface area contributed by atoms with E-state index < -0.39 is 11.4 Å². The summed E-state index contributed by atoms with van der Waals surface area (Å²) < 4.78 is 1.92. The average molecular weight is 295 g/mol. The summed E-state index contributed by atoms with van der Waals surface area (Å²) in [5, 5.41) is 10.2. The Morgan fingerprint density at radius 2 is 2.15 bits per heavy atom. The van der Waals surface area contributed by atoms with Crippen molar-refractivity contribution in [1.29, 1.82) is 0 Å². The smallest absolute Gasteiger partial charge is 0.310 e. The number of carboxylic acids is 1. The van der Waals surface area contributed by atoms with Gasteiger partial charge in [0.15, 0.2) is 0 Å². The van der Waals surface area contributed by atoms with Crippen LogP contribution in [0.2, 0.25) is 5.02 Å². The Labute approximate surface area is 123 Å². The number of aliphatic carboxylic acids is 1. The number of nitrogens with zero attached hydrogens (tertiary/aromatic N) is 2. The highest BCUT2D eigenvalue weighted by Gasteiger charge is 2.38. The third kappa shape index (κ3) is 2.40. The number of halogens is 1. The van der Waals surface area contributed by atoms with E-state index in [9.17, 15) is 9.90 Å². The molecular formula is C15H19ClN2O2. The largest absolute Gasteiger partial charge is 0.481 e. The van der Waals surface area contributed by atoms with Crippen LogP contribution in [-0.2, 0) is 18.3 Å². The number of aryl methyl sites for hydroxylation is 1. The monoisotopic (exact) mass is 294 g/mol. The summed E-state index contributed by atoms with van der Waals surface area (Å²) in [6.07, 6.45) is 0.392. The first-order valence-corrected chi connectivity index (χ1v) is 6.97. The second-order valence-corrected chi connectivity index (χ2v) is 6.21. The zero-order chi connectivity index (χ0) is 15.1. The fraction of sp³-hybridized carbons (Fsp3) is 0.467. The van der Waals surface area contributed by atoms with Crippen LogP contribution in [0.25, 0.3) is 11.0 Å². The van der Waals surface area contributed by atoms with Gasteiger partial charge >= 0.3 is 5.97 Å². The number of fused-ring (bicyclic) bond motifs is 1. The van der Waals surface area contributed by atoms with Gasteiger partial charge in [-0.25, -0.2) is 4.98 Å². The van der Waals surface area contributed by atoms with Crippen LogP contribution in [0.1, 0.15) is 26.6 Å². The maximum absolute atomic E-state index is 11.6. The van der Waals surface area contributed by atoms with E-state index in [0.717, 1.165) is 16.9 Å². The molecule has 20 heavy (non-hydrogen) atoms. The van der Waals surface area contributed by atoms with Gasteiger partial charge in [0.05, 0.1) is 16.4 Å². The van der Waals surface area contributed by atoms with Crippen molar-refractivity contribution in [1.82, 2.24) is 9.55 Å². The van der Waals surface area contributed by atoms with Crippen molar-refractivity contribution in [3.05, 3.63) is 29.0 Å². The second kappa shape index (κ2) is 5.09. The topological polar surface area (TPSA) is 55.1 Å². The fourth-order valence-corrected chi connectivity index (χ4v) is 2.39. The van der Waals surface area contributed by atoms with Gasteiger partial charge < -0.3 is 9.67 Å². The quantitative estimate of drug-likeness (QED) is 0.938. The van der Waals surface area contributed by atoms with Crippen molar-refractivity contribution in [2.45, 2.75) is 27.2 Å². The molecule has 1 aromatic heterocycles. The van der Waals surface area contributed by atoms with Gasteiger partial charge in [-0.05, 0) is 31.0 Å². The molecule has 0 saturated heterocycles. The molecule has 1 unspecified atom stereocenters. The van der Waals surface area contributed by atoms with Gasteiger partial charge in [0.1, 0.15) is 5.82 Å². The van der Waals surface area contributed by atoms with Crippen LogP contribution in [0.3, 0.4) is 0 Å². The SMILES string of the molecule is CC(C)C(C)(Cc1nc2ccc(Cl)cc2n1C)C(=O)O. The maximum atomic E-state index is 11.6. The Morgan fingerprint density at radius 1 is 1.50 bits per heavy atom. The number of rotatable bonds is 4. The van der Waals surface area contributed by atoms with E-state index in [1.807, 2.05) is 37.6 Å². The van der Waals surface area contributed by atoms with Crippen molar-refractivity contribution < 1.29 is 9.90 Å². The minimum Gasteiger partial charge on any atom is -0.481 e. The van der Waals surface area contributed by atoms with Gasteiger partial charge in [-0.2, -0.15) is 0 Å². The molecule has 1 N–H and O–H groups in total. The van der Waals surface area contributed by atoms with Gasteiger partial charge in [-0.1, -0.05) is 25.4 Å². The number of carboxylic acid groups (broad SMARTS) is 1. The summed E-state index contributed by atoms with van der Waals surface area (Å²) in [6, 6.07) is 5.50. The van der Waals surface area contributed by atoms with Gasteiger partial charge in [0.25, 0.3) is 0 Å². The Bertz CT molecular complexity index is 663. The summed E-state index contributed by atoms with van der Waals surface area (Å²) >= 11 is 6.00. The first kappa shape index (κ1) is 14.9. The molecule has 0 spiro atoms. The van der Waals surface area contributed by atoms with Crippen LogP contribution in [0, 0.1) is 11.3 Å². The molecule has 1 heterocycles. The van der Waals surface area contributed by atoms with Crippen LogP contribution in [0.4, 0.5) is 0 Å². The Hall–Kier alpha value is -1.55. The number of hydrogen-bond donors (Lipinski definition) is 1. The Morgan fingerprint density at radius 3 is 2.70 bits per heavy atom. The third-order valence-electron chi connectivity index (χ3n) is 4.22. The number of aromatic nitrogens is 2. The zero-order valence-electron chi connectivity index (χ0n) is 12.1. The van der Waals surface area contributed by atoms with Crippen LogP contribution in [-0.4, -0.2) is 20.6 Å². The Balaban J connectivity index is 2.48. The van der Waals surface area contributed by atoms with Crippen LogP contribution in [0.5, 0.6) is 0 Å². The lowest BCUT2D eigenvalue weighted by molar-refractivity contribution is -0.150. The second-order valence-electron chi connectivity index (χ2n) is 5.77. The molecule has 0 aliphatic heterocycles. The molecule has 2 rings (SSSR count). The molecule has 4 nitrogen and oxygen atoms in total. The van der Waals surface area contributed by atoms with Gasteiger partial charge in [-0.3, -0.25) is 4.79 Å². The minimum atomic E-state index is -0.834. The molecule has 0 aliphatic carbocycles. The number of benzene rings is 1. The highest BCUT2D eigenvalue weighted by atomic mass is 35.5. The summed E-state index contributed by atoms with van der Waals surface area (Å²) in [6.45, 7) is 5.62. The van der Waals surface area contributed by atoms with Crippen LogP contribution >= 0.6 is 11.6 Å². The van der Waals surface area contributed by atoms with E-state index in [4.69, 9.17) is 11.6 Å². The van der Waals surface area contributed by atoms with Crippen molar-refractivity contribution in [3.63, 3.8) is 0 Å². The third-order valence-corrected chi connectivity index (χ3v) is 4.46. The molecule has 1 aromatic carbocycles. The normalized spacial score (nSPS) is 14.7. The van der Waals surface area contributed by atoms with E-state index in [1.165, 1.54) is 0 Å². The average Bonchev–Trinajstić information content (AvgIpc) is 2.66. The van der Waals surface area contributed by atoms with Gasteiger partial charge in [-0.15, -0.1) is 0 Å². The Kier molecular flexibility index (Phi) is 3.78. The predicted octanol–water partition coefficient (Wildman–Crippen LogP) is 3.52. The molecule has 0 amide bonds. The molecule has 5 heteroatoms. The number of imidazole rings is 1. The zero-order valence-corrected chi connectivity index (χ0v) is 12.9. The maximum Gasteiger partial charge on any atom is 0.310 e. The highest BCUT2D eigenvalue weighted by Crippen LogP contribution is 2.32. The summed E-state index contributed by atoms with van der Waals surface area (Å²) in [4.78, 5) is 16.1. The van der Waals surface area contributed by atoms with Crippen LogP contribution < -0.4 is 0 Å².